The van der Waals surface area contributed by atoms with Crippen molar-refractivity contribution in [3.8, 4) is 11.1 Å². The van der Waals surface area contributed by atoms with E-state index in [1.807, 2.05) is 27.7 Å². The van der Waals surface area contributed by atoms with Crippen molar-refractivity contribution in [2.75, 3.05) is 5.32 Å². The second kappa shape index (κ2) is 10.6. The van der Waals surface area contributed by atoms with Crippen LogP contribution in [0.4, 0.5) is 5.69 Å². The third kappa shape index (κ3) is 6.38. The van der Waals surface area contributed by atoms with Crippen molar-refractivity contribution in [1.82, 2.24) is 10.3 Å². The SMILES string of the molecule is Cc1ccc(-c2ccc(C(=O)NC(C)C(C)(C)C)cc2C(=O)O)c(C(=O)Nc2ccc(C(=N)N)cc2)n1. The summed E-state index contributed by atoms with van der Waals surface area (Å²) in [7, 11) is 0. The Hall–Kier alpha value is -4.53. The van der Waals surface area contributed by atoms with E-state index in [1.54, 1.807) is 43.3 Å². The fourth-order valence-corrected chi connectivity index (χ4v) is 3.46. The van der Waals surface area contributed by atoms with Gasteiger partial charge in [-0.05, 0) is 67.3 Å². The summed E-state index contributed by atoms with van der Waals surface area (Å²) in [6, 6.07) is 14.0. The monoisotopic (exact) mass is 501 g/mol. The molecule has 1 heterocycles. The van der Waals surface area contributed by atoms with Crippen molar-refractivity contribution >= 4 is 29.3 Å². The zero-order valence-electron chi connectivity index (χ0n) is 21.5. The third-order valence-corrected chi connectivity index (χ3v) is 6.15. The number of nitrogen functional groups attached to an aromatic ring is 1. The molecule has 9 nitrogen and oxygen atoms in total. The molecule has 1 atom stereocenters. The van der Waals surface area contributed by atoms with E-state index in [-0.39, 0.29) is 45.6 Å². The number of nitrogens with zero attached hydrogens (tertiary/aromatic N) is 1. The highest BCUT2D eigenvalue weighted by Crippen LogP contribution is 2.29. The molecule has 0 saturated heterocycles. The number of pyridine rings is 1. The van der Waals surface area contributed by atoms with Crippen molar-refractivity contribution in [1.29, 1.82) is 5.41 Å². The molecule has 0 aliphatic carbocycles. The Kier molecular flexibility index (Phi) is 7.76. The molecule has 2 aromatic carbocycles. The maximum atomic E-state index is 13.2. The average Bonchev–Trinajstić information content (AvgIpc) is 2.83. The van der Waals surface area contributed by atoms with Crippen LogP contribution in [-0.4, -0.2) is 39.8 Å². The molecule has 0 spiro atoms. The number of carbonyl (C=O) groups excluding carboxylic acids is 2. The molecule has 37 heavy (non-hydrogen) atoms. The highest BCUT2D eigenvalue weighted by molar-refractivity contribution is 6.10. The fourth-order valence-electron chi connectivity index (χ4n) is 3.46. The Morgan fingerprint density at radius 1 is 0.946 bits per heavy atom. The first kappa shape index (κ1) is 27.1. The first-order chi connectivity index (χ1) is 17.3. The summed E-state index contributed by atoms with van der Waals surface area (Å²) in [5, 5.41) is 23.1. The van der Waals surface area contributed by atoms with Crippen molar-refractivity contribution < 1.29 is 19.5 Å². The molecule has 0 bridgehead atoms. The van der Waals surface area contributed by atoms with E-state index in [0.29, 0.717) is 22.5 Å². The summed E-state index contributed by atoms with van der Waals surface area (Å²) in [4.78, 5) is 42.6. The number of hydrogen-bond acceptors (Lipinski definition) is 5. The minimum Gasteiger partial charge on any atom is -0.478 e. The minimum atomic E-state index is -1.24. The van der Waals surface area contributed by atoms with Crippen LogP contribution in [0.3, 0.4) is 0 Å². The van der Waals surface area contributed by atoms with Gasteiger partial charge in [-0.1, -0.05) is 32.9 Å². The van der Waals surface area contributed by atoms with Gasteiger partial charge in [0.15, 0.2) is 0 Å². The number of aromatic nitrogens is 1. The first-order valence-electron chi connectivity index (χ1n) is 11.7. The molecule has 3 aromatic rings. The van der Waals surface area contributed by atoms with Crippen LogP contribution in [0.1, 0.15) is 70.2 Å². The Bertz CT molecular complexity index is 1370. The largest absolute Gasteiger partial charge is 0.478 e. The van der Waals surface area contributed by atoms with Gasteiger partial charge in [0, 0.05) is 34.1 Å². The van der Waals surface area contributed by atoms with Gasteiger partial charge in [0.05, 0.1) is 5.56 Å². The van der Waals surface area contributed by atoms with Crippen molar-refractivity contribution in [2.45, 2.75) is 40.7 Å². The highest BCUT2D eigenvalue weighted by atomic mass is 16.4. The highest BCUT2D eigenvalue weighted by Gasteiger charge is 2.25. The number of carboxylic acids is 1. The van der Waals surface area contributed by atoms with Crippen LogP contribution in [0.25, 0.3) is 11.1 Å². The molecule has 6 N–H and O–H groups in total. The molecule has 0 aliphatic heterocycles. The number of anilines is 1. The van der Waals surface area contributed by atoms with Gasteiger partial charge in [-0.25, -0.2) is 9.78 Å². The molecule has 0 fully saturated rings. The number of rotatable bonds is 7. The molecule has 192 valence electrons. The number of carboxylic acid groups (broad SMARTS) is 1. The summed E-state index contributed by atoms with van der Waals surface area (Å²) in [5.74, 6) is -2.25. The Morgan fingerprint density at radius 2 is 1.54 bits per heavy atom. The van der Waals surface area contributed by atoms with Gasteiger partial charge in [0.2, 0.25) is 0 Å². The Labute approximate surface area is 215 Å². The number of amidine groups is 1. The molecular formula is C28H31N5O4. The molecule has 2 amide bonds. The lowest BCUT2D eigenvalue weighted by molar-refractivity contribution is 0.0697. The van der Waals surface area contributed by atoms with E-state index in [1.165, 1.54) is 18.2 Å². The maximum absolute atomic E-state index is 13.2. The van der Waals surface area contributed by atoms with E-state index in [9.17, 15) is 19.5 Å². The lowest BCUT2D eigenvalue weighted by Crippen LogP contribution is -2.41. The van der Waals surface area contributed by atoms with E-state index in [4.69, 9.17) is 11.1 Å². The summed E-state index contributed by atoms with van der Waals surface area (Å²) in [5.41, 5.74) is 7.55. The lowest BCUT2D eigenvalue weighted by Gasteiger charge is -2.28. The van der Waals surface area contributed by atoms with E-state index < -0.39 is 11.9 Å². The Balaban J connectivity index is 1.99. The standard InChI is InChI=1S/C28H31N5O4/c1-15-6-12-21(23(31-15)26(35)33-19-10-7-17(8-11-19)24(29)30)20-13-9-18(14-22(20)27(36)37)25(34)32-16(2)28(3,4)5/h6-14,16H,1-5H3,(H3,29,30)(H,32,34)(H,33,35)(H,36,37). The molecule has 0 radical (unpaired) electrons. The average molecular weight is 502 g/mol. The third-order valence-electron chi connectivity index (χ3n) is 6.15. The summed E-state index contributed by atoms with van der Waals surface area (Å²) in [6.07, 6.45) is 0. The van der Waals surface area contributed by atoms with E-state index in [2.05, 4.69) is 15.6 Å². The van der Waals surface area contributed by atoms with Crippen LogP contribution in [0.2, 0.25) is 0 Å². The number of carbonyl (C=O) groups is 3. The van der Waals surface area contributed by atoms with Gasteiger partial charge in [0.25, 0.3) is 11.8 Å². The topological polar surface area (TPSA) is 158 Å². The van der Waals surface area contributed by atoms with Crippen molar-refractivity contribution in [3.05, 3.63) is 82.7 Å². The van der Waals surface area contributed by atoms with Crippen LogP contribution in [0.5, 0.6) is 0 Å². The second-order valence-corrected chi connectivity index (χ2v) is 9.92. The number of nitrogens with two attached hydrogens (primary N) is 1. The van der Waals surface area contributed by atoms with E-state index >= 15 is 0 Å². The van der Waals surface area contributed by atoms with Gasteiger partial charge in [-0.3, -0.25) is 15.0 Å². The van der Waals surface area contributed by atoms with Gasteiger partial charge in [-0.15, -0.1) is 0 Å². The fraction of sp³-hybridized carbons (Fsp3) is 0.250. The predicted molar refractivity (Wildman–Crippen MR) is 143 cm³/mol. The van der Waals surface area contributed by atoms with Gasteiger partial charge in [-0.2, -0.15) is 0 Å². The number of hydrogen-bond donors (Lipinski definition) is 5. The summed E-state index contributed by atoms with van der Waals surface area (Å²) in [6.45, 7) is 9.61. The normalized spacial score (nSPS) is 11.9. The summed E-state index contributed by atoms with van der Waals surface area (Å²) < 4.78 is 0. The van der Waals surface area contributed by atoms with Crippen LogP contribution in [-0.2, 0) is 0 Å². The van der Waals surface area contributed by atoms with Crippen molar-refractivity contribution in [2.24, 2.45) is 11.1 Å². The van der Waals surface area contributed by atoms with Gasteiger partial charge < -0.3 is 21.5 Å². The number of nitrogens with one attached hydrogen (secondary N) is 3. The van der Waals surface area contributed by atoms with E-state index in [0.717, 1.165) is 0 Å². The number of benzene rings is 2. The first-order valence-corrected chi connectivity index (χ1v) is 11.7. The smallest absolute Gasteiger partial charge is 0.336 e. The predicted octanol–water partition coefficient (Wildman–Crippen LogP) is 4.46. The number of amides is 2. The molecule has 1 aromatic heterocycles. The minimum absolute atomic E-state index is 0.0386. The van der Waals surface area contributed by atoms with Crippen molar-refractivity contribution in [3.63, 3.8) is 0 Å². The molecule has 1 unspecified atom stereocenters. The lowest BCUT2D eigenvalue weighted by atomic mass is 9.88. The summed E-state index contributed by atoms with van der Waals surface area (Å²) >= 11 is 0. The van der Waals surface area contributed by atoms with Crippen LogP contribution >= 0.6 is 0 Å². The molecule has 3 rings (SSSR count). The number of aromatic carboxylic acids is 1. The van der Waals surface area contributed by atoms with Crippen LogP contribution in [0.15, 0.2) is 54.6 Å². The molecule has 0 aliphatic rings. The maximum Gasteiger partial charge on any atom is 0.336 e. The Morgan fingerprint density at radius 3 is 2.11 bits per heavy atom. The van der Waals surface area contributed by atoms with Crippen LogP contribution < -0.4 is 16.4 Å². The molecular weight excluding hydrogens is 470 g/mol. The van der Waals surface area contributed by atoms with Gasteiger partial charge >= 0.3 is 5.97 Å². The van der Waals surface area contributed by atoms with Gasteiger partial charge in [0.1, 0.15) is 11.5 Å². The molecule has 9 heteroatoms. The number of aryl methyl sites for hydroxylation is 1. The molecule has 0 saturated carbocycles. The zero-order valence-corrected chi connectivity index (χ0v) is 21.5. The second-order valence-electron chi connectivity index (χ2n) is 9.92. The zero-order chi connectivity index (χ0) is 27.5. The quantitative estimate of drug-likeness (QED) is 0.237. The van der Waals surface area contributed by atoms with Crippen LogP contribution in [0, 0.1) is 17.7 Å².